The largest absolute Gasteiger partial charge is 0.289 e. The molecule has 136 valence electrons. The molecule has 0 spiro atoms. The smallest absolute Gasteiger partial charge is 0.190 e. The van der Waals surface area contributed by atoms with E-state index < -0.39 is 0 Å². The van der Waals surface area contributed by atoms with Gasteiger partial charge in [0.05, 0.1) is 0 Å². The standard InChI is InChI=1S/C23H32O2/c1-14(2)8-7-9-15(3)10-11-19-18(6)22(24)20-12-16(4)17(5)13-21(20)23(19)25/h12-15H,7-11H2,1-6H3. The van der Waals surface area contributed by atoms with Crippen molar-refractivity contribution in [2.24, 2.45) is 11.8 Å². The van der Waals surface area contributed by atoms with E-state index in [1.807, 2.05) is 32.9 Å². The number of fused-ring (bicyclic) bond motifs is 1. The predicted octanol–water partition coefficient (Wildman–Crippen LogP) is 6.24. The summed E-state index contributed by atoms with van der Waals surface area (Å²) >= 11 is 0. The molecule has 1 aliphatic rings. The number of allylic oxidation sites excluding steroid dienone is 2. The molecule has 0 saturated heterocycles. The summed E-state index contributed by atoms with van der Waals surface area (Å²) in [7, 11) is 0. The zero-order chi connectivity index (χ0) is 18.7. The number of ketones is 2. The van der Waals surface area contributed by atoms with Crippen LogP contribution in [0.5, 0.6) is 0 Å². The Hall–Kier alpha value is -1.70. The second-order valence-corrected chi connectivity index (χ2v) is 8.21. The zero-order valence-electron chi connectivity index (χ0n) is 16.7. The summed E-state index contributed by atoms with van der Waals surface area (Å²) in [6, 6.07) is 3.77. The van der Waals surface area contributed by atoms with E-state index in [0.717, 1.165) is 29.0 Å². The van der Waals surface area contributed by atoms with Crippen molar-refractivity contribution in [1.29, 1.82) is 0 Å². The van der Waals surface area contributed by atoms with Crippen molar-refractivity contribution in [3.63, 3.8) is 0 Å². The monoisotopic (exact) mass is 340 g/mol. The number of rotatable bonds is 7. The van der Waals surface area contributed by atoms with E-state index in [1.165, 1.54) is 19.3 Å². The zero-order valence-corrected chi connectivity index (χ0v) is 16.7. The lowest BCUT2D eigenvalue weighted by molar-refractivity contribution is 0.0971. The number of benzene rings is 1. The summed E-state index contributed by atoms with van der Waals surface area (Å²) in [5.41, 5.74) is 4.70. The number of Topliss-reactive ketones (excluding diaryl/α,β-unsaturated/α-hetero) is 2. The van der Waals surface area contributed by atoms with Gasteiger partial charge >= 0.3 is 0 Å². The highest BCUT2D eigenvalue weighted by molar-refractivity contribution is 6.26. The number of carbonyl (C=O) groups is 2. The first-order valence-electron chi connectivity index (χ1n) is 9.62. The van der Waals surface area contributed by atoms with Gasteiger partial charge in [-0.05, 0) is 68.7 Å². The molecule has 0 saturated carbocycles. The minimum atomic E-state index is 0.0279. The minimum Gasteiger partial charge on any atom is -0.289 e. The van der Waals surface area contributed by atoms with Crippen LogP contribution < -0.4 is 0 Å². The van der Waals surface area contributed by atoms with Gasteiger partial charge in [-0.2, -0.15) is 0 Å². The van der Waals surface area contributed by atoms with E-state index >= 15 is 0 Å². The Morgan fingerprint density at radius 1 is 0.800 bits per heavy atom. The molecule has 2 heteroatoms. The molecule has 1 atom stereocenters. The summed E-state index contributed by atoms with van der Waals surface area (Å²) in [6.45, 7) is 12.6. The predicted molar refractivity (Wildman–Crippen MR) is 104 cm³/mol. The van der Waals surface area contributed by atoms with Gasteiger partial charge in [0.15, 0.2) is 11.6 Å². The molecule has 2 nitrogen and oxygen atoms in total. The van der Waals surface area contributed by atoms with Crippen molar-refractivity contribution in [2.45, 2.75) is 73.6 Å². The lowest BCUT2D eigenvalue weighted by atomic mass is 9.80. The highest BCUT2D eigenvalue weighted by atomic mass is 16.1. The van der Waals surface area contributed by atoms with Crippen molar-refractivity contribution in [3.8, 4) is 0 Å². The minimum absolute atomic E-state index is 0.0279. The first-order valence-corrected chi connectivity index (χ1v) is 9.62. The Labute approximate surface area is 152 Å². The molecule has 1 unspecified atom stereocenters. The normalized spacial score (nSPS) is 15.8. The second kappa shape index (κ2) is 8.12. The van der Waals surface area contributed by atoms with E-state index in [4.69, 9.17) is 0 Å². The summed E-state index contributed by atoms with van der Waals surface area (Å²) in [4.78, 5) is 25.7. The molecule has 25 heavy (non-hydrogen) atoms. The lowest BCUT2D eigenvalue weighted by Gasteiger charge is -2.21. The molecule has 0 N–H and O–H groups in total. The Bertz CT molecular complexity index is 707. The van der Waals surface area contributed by atoms with Gasteiger partial charge in [0.1, 0.15) is 0 Å². The van der Waals surface area contributed by atoms with Crippen LogP contribution >= 0.6 is 0 Å². The molecule has 1 aromatic carbocycles. The maximum Gasteiger partial charge on any atom is 0.190 e. The van der Waals surface area contributed by atoms with E-state index in [2.05, 4.69) is 20.8 Å². The fourth-order valence-electron chi connectivity index (χ4n) is 3.57. The molecular weight excluding hydrogens is 308 g/mol. The Kier molecular flexibility index (Phi) is 6.37. The average molecular weight is 341 g/mol. The molecule has 0 aromatic heterocycles. The van der Waals surface area contributed by atoms with Crippen LogP contribution in [0, 0.1) is 25.7 Å². The topological polar surface area (TPSA) is 34.1 Å². The van der Waals surface area contributed by atoms with Crippen LogP contribution in [-0.2, 0) is 0 Å². The molecular formula is C23H32O2. The van der Waals surface area contributed by atoms with Crippen molar-refractivity contribution in [3.05, 3.63) is 45.5 Å². The summed E-state index contributed by atoms with van der Waals surface area (Å²) < 4.78 is 0. The summed E-state index contributed by atoms with van der Waals surface area (Å²) in [6.07, 6.45) is 5.39. The molecule has 0 bridgehead atoms. The number of hydrogen-bond acceptors (Lipinski definition) is 2. The Morgan fingerprint density at radius 2 is 1.36 bits per heavy atom. The quantitative estimate of drug-likeness (QED) is 0.588. The van der Waals surface area contributed by atoms with Gasteiger partial charge in [-0.15, -0.1) is 0 Å². The van der Waals surface area contributed by atoms with Crippen LogP contribution in [-0.4, -0.2) is 11.6 Å². The third-order valence-electron chi connectivity index (χ3n) is 5.56. The Morgan fingerprint density at radius 3 is 1.92 bits per heavy atom. The van der Waals surface area contributed by atoms with E-state index in [9.17, 15) is 9.59 Å². The van der Waals surface area contributed by atoms with Crippen molar-refractivity contribution in [1.82, 2.24) is 0 Å². The third kappa shape index (κ3) is 4.48. The van der Waals surface area contributed by atoms with Crippen LogP contribution in [0.3, 0.4) is 0 Å². The van der Waals surface area contributed by atoms with Crippen LogP contribution in [0.4, 0.5) is 0 Å². The molecule has 0 fully saturated rings. The maximum absolute atomic E-state index is 12.9. The number of hydrogen-bond donors (Lipinski definition) is 0. The highest BCUT2D eigenvalue weighted by Gasteiger charge is 2.30. The molecule has 0 radical (unpaired) electrons. The van der Waals surface area contributed by atoms with Gasteiger partial charge in [-0.1, -0.05) is 40.0 Å². The van der Waals surface area contributed by atoms with Gasteiger partial charge in [0, 0.05) is 22.3 Å². The first kappa shape index (κ1) is 19.6. The van der Waals surface area contributed by atoms with E-state index in [0.29, 0.717) is 29.0 Å². The second-order valence-electron chi connectivity index (χ2n) is 8.21. The van der Waals surface area contributed by atoms with Crippen LogP contribution in [0.15, 0.2) is 23.3 Å². The van der Waals surface area contributed by atoms with Gasteiger partial charge in [-0.25, -0.2) is 0 Å². The molecule has 0 heterocycles. The third-order valence-corrected chi connectivity index (χ3v) is 5.56. The van der Waals surface area contributed by atoms with Crippen molar-refractivity contribution in [2.75, 3.05) is 0 Å². The molecule has 1 aliphatic carbocycles. The first-order chi connectivity index (χ1) is 11.7. The molecule has 1 aromatic rings. The van der Waals surface area contributed by atoms with Crippen LogP contribution in [0.1, 0.15) is 91.6 Å². The Balaban J connectivity index is 2.11. The fraction of sp³-hybridized carbons (Fsp3) is 0.565. The van der Waals surface area contributed by atoms with E-state index in [1.54, 1.807) is 0 Å². The molecule has 0 aliphatic heterocycles. The number of carbonyl (C=O) groups excluding carboxylic acids is 2. The van der Waals surface area contributed by atoms with Crippen molar-refractivity contribution < 1.29 is 9.59 Å². The average Bonchev–Trinajstić information content (AvgIpc) is 2.54. The molecule has 0 amide bonds. The number of aryl methyl sites for hydroxylation is 2. The van der Waals surface area contributed by atoms with Gasteiger partial charge in [0.2, 0.25) is 0 Å². The summed E-state index contributed by atoms with van der Waals surface area (Å²) in [5, 5.41) is 0. The highest BCUT2D eigenvalue weighted by Crippen LogP contribution is 2.31. The SMILES string of the molecule is CC1=C(CCC(C)CCCC(C)C)C(=O)c2cc(C)c(C)cc2C1=O. The molecule has 2 rings (SSSR count). The maximum atomic E-state index is 12.9. The van der Waals surface area contributed by atoms with Crippen LogP contribution in [0.2, 0.25) is 0 Å². The van der Waals surface area contributed by atoms with Gasteiger partial charge in [-0.3, -0.25) is 9.59 Å². The van der Waals surface area contributed by atoms with Gasteiger partial charge < -0.3 is 0 Å². The van der Waals surface area contributed by atoms with Crippen molar-refractivity contribution >= 4 is 11.6 Å². The van der Waals surface area contributed by atoms with Gasteiger partial charge in [0.25, 0.3) is 0 Å². The van der Waals surface area contributed by atoms with E-state index in [-0.39, 0.29) is 11.6 Å². The van der Waals surface area contributed by atoms with Crippen LogP contribution in [0.25, 0.3) is 0 Å². The lowest BCUT2D eigenvalue weighted by Crippen LogP contribution is -2.22. The summed E-state index contributed by atoms with van der Waals surface area (Å²) in [5.74, 6) is 1.42. The fourth-order valence-corrected chi connectivity index (χ4v) is 3.57.